The lowest BCUT2D eigenvalue weighted by atomic mass is 9.88. The minimum absolute atomic E-state index is 0.0454. The largest absolute Gasteiger partial charge is 0.339 e. The lowest BCUT2D eigenvalue weighted by Gasteiger charge is -2.38. The van der Waals surface area contributed by atoms with E-state index < -0.39 is 9.84 Å². The summed E-state index contributed by atoms with van der Waals surface area (Å²) in [6.07, 6.45) is 5.57. The Morgan fingerprint density at radius 3 is 1.96 bits per heavy atom. The Bertz CT molecular complexity index is 579. The van der Waals surface area contributed by atoms with Gasteiger partial charge in [-0.2, -0.15) is 0 Å². The Balaban J connectivity index is 1.42. The summed E-state index contributed by atoms with van der Waals surface area (Å²) >= 11 is 0. The predicted octanol–water partition coefficient (Wildman–Crippen LogP) is -0.0321. The van der Waals surface area contributed by atoms with Crippen LogP contribution < -0.4 is 0 Å². The highest BCUT2D eigenvalue weighted by molar-refractivity contribution is 7.91. The summed E-state index contributed by atoms with van der Waals surface area (Å²) in [6.45, 7) is 3.58. The summed E-state index contributed by atoms with van der Waals surface area (Å²) in [6, 6.07) is 0. The van der Waals surface area contributed by atoms with Crippen molar-refractivity contribution in [3.8, 4) is 0 Å². The third-order valence-electron chi connectivity index (χ3n) is 5.69. The van der Waals surface area contributed by atoms with Gasteiger partial charge in [0.1, 0.15) is 0 Å². The molecule has 25 heavy (non-hydrogen) atoms. The average molecular weight is 372 g/mol. The van der Waals surface area contributed by atoms with Crippen LogP contribution in [-0.2, 0) is 19.4 Å². The predicted molar refractivity (Wildman–Crippen MR) is 94.8 cm³/mol. The highest BCUT2D eigenvalue weighted by atomic mass is 32.2. The highest BCUT2D eigenvalue weighted by Gasteiger charge is 2.30. The monoisotopic (exact) mass is 371 g/mol. The van der Waals surface area contributed by atoms with Crippen molar-refractivity contribution in [2.75, 3.05) is 57.3 Å². The van der Waals surface area contributed by atoms with Crippen LogP contribution in [0.2, 0.25) is 0 Å². The fourth-order valence-corrected chi connectivity index (χ4v) is 5.26. The maximum Gasteiger partial charge on any atom is 0.236 e. The molecule has 7 nitrogen and oxygen atoms in total. The molecule has 1 saturated carbocycles. The molecule has 2 saturated heterocycles. The van der Waals surface area contributed by atoms with Crippen LogP contribution in [0.25, 0.3) is 0 Å². The molecule has 8 heteroatoms. The Hall–Kier alpha value is -1.15. The molecule has 0 unspecified atom stereocenters. The van der Waals surface area contributed by atoms with Crippen molar-refractivity contribution in [2.24, 2.45) is 5.92 Å². The van der Waals surface area contributed by atoms with E-state index in [-0.39, 0.29) is 35.8 Å². The van der Waals surface area contributed by atoms with Gasteiger partial charge in [-0.1, -0.05) is 19.3 Å². The highest BCUT2D eigenvalue weighted by Crippen LogP contribution is 2.25. The molecule has 0 spiro atoms. The second-order valence-corrected chi connectivity index (χ2v) is 9.77. The average Bonchev–Trinajstić information content (AvgIpc) is 2.64. The van der Waals surface area contributed by atoms with Crippen LogP contribution in [0.15, 0.2) is 0 Å². The molecule has 2 aliphatic heterocycles. The summed E-state index contributed by atoms with van der Waals surface area (Å²) in [5.74, 6) is 0.789. The summed E-state index contributed by atoms with van der Waals surface area (Å²) in [5.41, 5.74) is 0. The van der Waals surface area contributed by atoms with E-state index >= 15 is 0 Å². The molecule has 0 N–H and O–H groups in total. The van der Waals surface area contributed by atoms with E-state index in [4.69, 9.17) is 0 Å². The first-order chi connectivity index (χ1) is 11.9. The van der Waals surface area contributed by atoms with Crippen LogP contribution in [-0.4, -0.2) is 92.3 Å². The van der Waals surface area contributed by atoms with E-state index in [2.05, 4.69) is 0 Å². The Labute approximate surface area is 150 Å². The van der Waals surface area contributed by atoms with Crippen LogP contribution in [0.4, 0.5) is 0 Å². The number of sulfone groups is 1. The van der Waals surface area contributed by atoms with Crippen LogP contribution >= 0.6 is 0 Å². The molecule has 0 aromatic rings. The van der Waals surface area contributed by atoms with E-state index in [0.29, 0.717) is 39.3 Å². The van der Waals surface area contributed by atoms with Crippen molar-refractivity contribution in [1.29, 1.82) is 0 Å². The fourth-order valence-electron chi connectivity index (χ4n) is 3.98. The van der Waals surface area contributed by atoms with Crippen molar-refractivity contribution in [2.45, 2.75) is 32.1 Å². The summed E-state index contributed by atoms with van der Waals surface area (Å²) < 4.78 is 22.9. The molecular formula is C17H29N3O4S. The maximum atomic E-state index is 12.6. The summed E-state index contributed by atoms with van der Waals surface area (Å²) in [7, 11) is -2.91. The van der Waals surface area contributed by atoms with Crippen LogP contribution in [0.5, 0.6) is 0 Å². The molecule has 0 aromatic heterocycles. The lowest BCUT2D eigenvalue weighted by Crippen LogP contribution is -2.54. The van der Waals surface area contributed by atoms with Gasteiger partial charge in [-0.25, -0.2) is 8.42 Å². The van der Waals surface area contributed by atoms with Gasteiger partial charge in [0.15, 0.2) is 9.84 Å². The molecule has 3 fully saturated rings. The van der Waals surface area contributed by atoms with Gasteiger partial charge in [0.2, 0.25) is 11.8 Å². The molecule has 3 rings (SSSR count). The fraction of sp³-hybridized carbons (Fsp3) is 0.882. The Morgan fingerprint density at radius 2 is 1.36 bits per heavy atom. The lowest BCUT2D eigenvalue weighted by molar-refractivity contribution is -0.143. The third kappa shape index (κ3) is 4.94. The van der Waals surface area contributed by atoms with Gasteiger partial charge in [-0.05, 0) is 12.8 Å². The van der Waals surface area contributed by atoms with E-state index in [1.165, 1.54) is 6.42 Å². The number of carbonyl (C=O) groups is 2. The van der Waals surface area contributed by atoms with Gasteiger partial charge >= 0.3 is 0 Å². The van der Waals surface area contributed by atoms with E-state index in [0.717, 1.165) is 25.7 Å². The standard InChI is InChI=1S/C17H29N3O4S/c21-16(14-18-10-12-25(23,24)13-11-18)19-6-8-20(9-7-19)17(22)15-4-2-1-3-5-15/h15H,1-14H2. The molecular weight excluding hydrogens is 342 g/mol. The topological polar surface area (TPSA) is 78.0 Å². The van der Waals surface area contributed by atoms with Gasteiger partial charge in [0.25, 0.3) is 0 Å². The molecule has 1 aliphatic carbocycles. The first-order valence-electron chi connectivity index (χ1n) is 9.44. The second kappa shape index (κ2) is 8.03. The number of carbonyl (C=O) groups excluding carboxylic acids is 2. The van der Waals surface area contributed by atoms with Gasteiger partial charge in [0.05, 0.1) is 18.1 Å². The van der Waals surface area contributed by atoms with Gasteiger partial charge < -0.3 is 9.80 Å². The van der Waals surface area contributed by atoms with Crippen molar-refractivity contribution < 1.29 is 18.0 Å². The molecule has 2 heterocycles. The molecule has 0 radical (unpaired) electrons. The number of nitrogens with zero attached hydrogens (tertiary/aromatic N) is 3. The van der Waals surface area contributed by atoms with Crippen molar-refractivity contribution in [3.63, 3.8) is 0 Å². The smallest absolute Gasteiger partial charge is 0.236 e. The molecule has 0 aromatic carbocycles. The van der Waals surface area contributed by atoms with Gasteiger partial charge in [-0.15, -0.1) is 0 Å². The minimum Gasteiger partial charge on any atom is -0.339 e. The number of piperazine rings is 1. The maximum absolute atomic E-state index is 12.6. The first-order valence-corrected chi connectivity index (χ1v) is 11.3. The SMILES string of the molecule is O=C(CN1CCS(=O)(=O)CC1)N1CCN(C(=O)C2CCCCC2)CC1. The molecule has 0 atom stereocenters. The Morgan fingerprint density at radius 1 is 0.800 bits per heavy atom. The van der Waals surface area contributed by atoms with E-state index in [1.807, 2.05) is 14.7 Å². The van der Waals surface area contributed by atoms with Crippen molar-refractivity contribution in [3.05, 3.63) is 0 Å². The van der Waals surface area contributed by atoms with Gasteiger partial charge in [-0.3, -0.25) is 14.5 Å². The zero-order valence-corrected chi connectivity index (χ0v) is 15.7. The zero-order valence-electron chi connectivity index (χ0n) is 14.9. The minimum atomic E-state index is -2.91. The van der Waals surface area contributed by atoms with Crippen LogP contribution in [0, 0.1) is 5.92 Å². The molecule has 2 amide bonds. The zero-order chi connectivity index (χ0) is 17.9. The van der Waals surface area contributed by atoms with Crippen molar-refractivity contribution in [1.82, 2.24) is 14.7 Å². The summed E-state index contributed by atoms with van der Waals surface area (Å²) in [4.78, 5) is 30.7. The summed E-state index contributed by atoms with van der Waals surface area (Å²) in [5, 5.41) is 0. The quantitative estimate of drug-likeness (QED) is 0.696. The first kappa shape index (κ1) is 18.6. The van der Waals surface area contributed by atoms with Gasteiger partial charge in [0, 0.05) is 45.2 Å². The molecule has 142 valence electrons. The van der Waals surface area contributed by atoms with Crippen LogP contribution in [0.1, 0.15) is 32.1 Å². The second-order valence-electron chi connectivity index (χ2n) is 7.47. The Kier molecular flexibility index (Phi) is 5.99. The number of hydrogen-bond acceptors (Lipinski definition) is 5. The normalized spacial score (nSPS) is 25.8. The number of amides is 2. The molecule has 3 aliphatic rings. The number of hydrogen-bond donors (Lipinski definition) is 0. The molecule has 0 bridgehead atoms. The van der Waals surface area contributed by atoms with E-state index in [1.54, 1.807) is 0 Å². The van der Waals surface area contributed by atoms with E-state index in [9.17, 15) is 18.0 Å². The third-order valence-corrected chi connectivity index (χ3v) is 7.30. The van der Waals surface area contributed by atoms with Crippen LogP contribution in [0.3, 0.4) is 0 Å². The number of rotatable bonds is 3. The van der Waals surface area contributed by atoms with Crippen molar-refractivity contribution >= 4 is 21.7 Å².